The molecule has 1 aromatic carbocycles. The largest absolute Gasteiger partial charge is 0.436 e. The van der Waals surface area contributed by atoms with Gasteiger partial charge in [-0.1, -0.05) is 15.9 Å². The summed E-state index contributed by atoms with van der Waals surface area (Å²) >= 11 is 3.39. The third-order valence-electron chi connectivity index (χ3n) is 2.03. The summed E-state index contributed by atoms with van der Waals surface area (Å²) in [6.07, 6.45) is 3.07. The van der Waals surface area contributed by atoms with Gasteiger partial charge in [-0.15, -0.1) is 0 Å². The maximum atomic E-state index is 5.64. The lowest BCUT2D eigenvalue weighted by atomic mass is 10.2. The van der Waals surface area contributed by atoms with Gasteiger partial charge in [0, 0.05) is 16.9 Å². The third kappa shape index (κ3) is 2.30. The summed E-state index contributed by atoms with van der Waals surface area (Å²) in [5.74, 6) is 1.33. The summed E-state index contributed by atoms with van der Waals surface area (Å²) < 4.78 is 6.58. The summed E-state index contributed by atoms with van der Waals surface area (Å²) in [5.41, 5.74) is 6.64. The third-order valence-corrected chi connectivity index (χ3v) is 2.53. The van der Waals surface area contributed by atoms with Crippen molar-refractivity contribution in [2.75, 3.05) is 5.73 Å². The number of hydrogen-bond donors (Lipinski definition) is 1. The SMILES string of the molecule is Cc1cc(Br)ccc1Oc1nccnc1N. The van der Waals surface area contributed by atoms with Crippen LogP contribution in [0.3, 0.4) is 0 Å². The minimum Gasteiger partial charge on any atom is -0.436 e. The molecule has 2 rings (SSSR count). The van der Waals surface area contributed by atoms with Crippen molar-refractivity contribution in [3.63, 3.8) is 0 Å². The lowest BCUT2D eigenvalue weighted by Crippen LogP contribution is -1.97. The number of halogens is 1. The first kappa shape index (κ1) is 10.9. The second-order valence-electron chi connectivity index (χ2n) is 3.26. The molecule has 0 bridgehead atoms. The molecule has 2 aromatic rings. The number of hydrogen-bond acceptors (Lipinski definition) is 4. The Balaban J connectivity index is 2.31. The number of nitrogens with zero attached hydrogens (tertiary/aromatic N) is 2. The number of benzene rings is 1. The lowest BCUT2D eigenvalue weighted by Gasteiger charge is -2.08. The van der Waals surface area contributed by atoms with Gasteiger partial charge in [-0.05, 0) is 30.7 Å². The molecule has 0 spiro atoms. The van der Waals surface area contributed by atoms with E-state index in [-0.39, 0.29) is 5.82 Å². The Kier molecular flexibility index (Phi) is 3.05. The van der Waals surface area contributed by atoms with Gasteiger partial charge in [-0.25, -0.2) is 9.97 Å². The van der Waals surface area contributed by atoms with Crippen molar-refractivity contribution < 1.29 is 4.74 Å². The Labute approximate surface area is 102 Å². The van der Waals surface area contributed by atoms with Crippen molar-refractivity contribution in [3.05, 3.63) is 40.6 Å². The molecule has 2 N–H and O–H groups in total. The van der Waals surface area contributed by atoms with E-state index in [1.165, 1.54) is 6.20 Å². The van der Waals surface area contributed by atoms with E-state index in [4.69, 9.17) is 10.5 Å². The van der Waals surface area contributed by atoms with Gasteiger partial charge in [0.05, 0.1) is 0 Å². The van der Waals surface area contributed by atoms with Crippen LogP contribution in [-0.4, -0.2) is 9.97 Å². The fraction of sp³-hybridized carbons (Fsp3) is 0.0909. The van der Waals surface area contributed by atoms with Crippen molar-refractivity contribution in [2.24, 2.45) is 0 Å². The van der Waals surface area contributed by atoms with E-state index < -0.39 is 0 Å². The van der Waals surface area contributed by atoms with Crippen LogP contribution in [0.4, 0.5) is 5.82 Å². The average Bonchev–Trinajstić information content (AvgIpc) is 2.25. The zero-order chi connectivity index (χ0) is 11.5. The molecule has 16 heavy (non-hydrogen) atoms. The Morgan fingerprint density at radius 2 is 2.00 bits per heavy atom. The number of nitrogens with two attached hydrogens (primary N) is 1. The Bertz CT molecular complexity index is 516. The van der Waals surface area contributed by atoms with Crippen molar-refractivity contribution in [1.82, 2.24) is 9.97 Å². The molecule has 1 aromatic heterocycles. The molecule has 0 saturated heterocycles. The molecule has 0 saturated carbocycles. The smallest absolute Gasteiger partial charge is 0.262 e. The quantitative estimate of drug-likeness (QED) is 0.918. The van der Waals surface area contributed by atoms with Gasteiger partial charge in [-0.2, -0.15) is 0 Å². The van der Waals surface area contributed by atoms with Crippen LogP contribution in [-0.2, 0) is 0 Å². The van der Waals surface area contributed by atoms with Crippen LogP contribution in [0.25, 0.3) is 0 Å². The monoisotopic (exact) mass is 279 g/mol. The minimum atomic E-state index is 0.282. The van der Waals surface area contributed by atoms with Crippen LogP contribution < -0.4 is 10.5 Å². The Morgan fingerprint density at radius 1 is 1.25 bits per heavy atom. The number of rotatable bonds is 2. The fourth-order valence-electron chi connectivity index (χ4n) is 1.25. The van der Waals surface area contributed by atoms with Crippen LogP contribution in [0.15, 0.2) is 35.1 Å². The topological polar surface area (TPSA) is 61.0 Å². The molecule has 4 nitrogen and oxygen atoms in total. The number of aryl methyl sites for hydroxylation is 1. The number of ether oxygens (including phenoxy) is 1. The highest BCUT2D eigenvalue weighted by atomic mass is 79.9. The van der Waals surface area contributed by atoms with Gasteiger partial charge >= 0.3 is 0 Å². The molecule has 0 aliphatic rings. The number of anilines is 1. The minimum absolute atomic E-state index is 0.282. The predicted molar refractivity (Wildman–Crippen MR) is 65.4 cm³/mol. The normalized spacial score (nSPS) is 10.1. The molecule has 0 aliphatic carbocycles. The van der Waals surface area contributed by atoms with Gasteiger partial charge < -0.3 is 10.5 Å². The van der Waals surface area contributed by atoms with E-state index >= 15 is 0 Å². The predicted octanol–water partition coefficient (Wildman–Crippen LogP) is 2.92. The van der Waals surface area contributed by atoms with Gasteiger partial charge in [0.1, 0.15) is 5.75 Å². The van der Waals surface area contributed by atoms with Crippen LogP contribution in [0.5, 0.6) is 11.6 Å². The average molecular weight is 280 g/mol. The van der Waals surface area contributed by atoms with Crippen LogP contribution in [0, 0.1) is 6.92 Å². The summed E-state index contributed by atoms with van der Waals surface area (Å²) in [7, 11) is 0. The van der Waals surface area contributed by atoms with Gasteiger partial charge in [-0.3, -0.25) is 0 Å². The van der Waals surface area contributed by atoms with Crippen molar-refractivity contribution >= 4 is 21.7 Å². The summed E-state index contributed by atoms with van der Waals surface area (Å²) in [6.45, 7) is 1.95. The summed E-state index contributed by atoms with van der Waals surface area (Å²) in [6, 6.07) is 5.71. The first-order valence-corrected chi connectivity index (χ1v) is 5.46. The standard InChI is InChI=1S/C11H10BrN3O/c1-7-6-8(12)2-3-9(7)16-11-10(13)14-4-5-15-11/h2-6H,1H3,(H2,13,14). The Hall–Kier alpha value is -1.62. The molecular formula is C11H10BrN3O. The van der Waals surface area contributed by atoms with Gasteiger partial charge in [0.15, 0.2) is 5.82 Å². The maximum Gasteiger partial charge on any atom is 0.262 e. The first-order valence-electron chi connectivity index (χ1n) is 4.67. The Morgan fingerprint density at radius 3 is 2.69 bits per heavy atom. The van der Waals surface area contributed by atoms with Crippen molar-refractivity contribution in [1.29, 1.82) is 0 Å². The highest BCUT2D eigenvalue weighted by Gasteiger charge is 2.06. The zero-order valence-corrected chi connectivity index (χ0v) is 10.2. The number of nitrogen functional groups attached to an aromatic ring is 1. The molecule has 0 radical (unpaired) electrons. The van der Waals surface area contributed by atoms with Crippen LogP contribution in [0.2, 0.25) is 0 Å². The molecule has 1 heterocycles. The molecule has 0 fully saturated rings. The van der Waals surface area contributed by atoms with Crippen LogP contribution in [0.1, 0.15) is 5.56 Å². The van der Waals surface area contributed by atoms with E-state index in [2.05, 4.69) is 25.9 Å². The highest BCUT2D eigenvalue weighted by molar-refractivity contribution is 9.10. The zero-order valence-electron chi connectivity index (χ0n) is 8.64. The molecular weight excluding hydrogens is 270 g/mol. The summed E-state index contributed by atoms with van der Waals surface area (Å²) in [4.78, 5) is 7.92. The first-order chi connectivity index (χ1) is 7.66. The highest BCUT2D eigenvalue weighted by Crippen LogP contribution is 2.28. The van der Waals surface area contributed by atoms with E-state index in [1.54, 1.807) is 6.20 Å². The molecule has 0 atom stereocenters. The lowest BCUT2D eigenvalue weighted by molar-refractivity contribution is 0.459. The maximum absolute atomic E-state index is 5.64. The van der Waals surface area contributed by atoms with E-state index in [0.717, 1.165) is 15.8 Å². The fourth-order valence-corrected chi connectivity index (χ4v) is 1.72. The van der Waals surface area contributed by atoms with E-state index in [1.807, 2.05) is 25.1 Å². The summed E-state index contributed by atoms with van der Waals surface area (Å²) in [5, 5.41) is 0. The second kappa shape index (κ2) is 4.49. The molecule has 82 valence electrons. The van der Waals surface area contributed by atoms with Gasteiger partial charge in [0.2, 0.25) is 0 Å². The van der Waals surface area contributed by atoms with Crippen LogP contribution >= 0.6 is 15.9 Å². The molecule has 0 unspecified atom stereocenters. The van der Waals surface area contributed by atoms with E-state index in [0.29, 0.717) is 5.88 Å². The second-order valence-corrected chi connectivity index (χ2v) is 4.17. The molecule has 0 amide bonds. The number of aromatic nitrogens is 2. The molecule has 5 heteroatoms. The van der Waals surface area contributed by atoms with Crippen molar-refractivity contribution in [3.8, 4) is 11.6 Å². The van der Waals surface area contributed by atoms with Gasteiger partial charge in [0.25, 0.3) is 5.88 Å². The van der Waals surface area contributed by atoms with E-state index in [9.17, 15) is 0 Å². The molecule has 0 aliphatic heterocycles. The van der Waals surface area contributed by atoms with Crippen molar-refractivity contribution in [2.45, 2.75) is 6.92 Å².